The van der Waals surface area contributed by atoms with Gasteiger partial charge in [0, 0.05) is 12.5 Å². The number of carbonyl (C=O) groups excluding carboxylic acids is 1. The van der Waals surface area contributed by atoms with E-state index in [9.17, 15) is 20.1 Å². The first-order valence-corrected chi connectivity index (χ1v) is 13.5. The number of methoxy groups -OCH3 is 2. The molecule has 214 valence electrons. The molecule has 10 heteroatoms. The van der Waals surface area contributed by atoms with E-state index in [-0.39, 0.29) is 19.1 Å². The standard InChI is InChI=1S/C29H39NO9/c1-27(2,33)8-5-10-29(34,16-23(31)36-4)26(32)39-25-22(35-3)15-28-9-6-11-30(28)12-7-18-13-20-21(38-17-37-20)14-19(18)24(25)28/h5,8,13-15,24-26,32-34H,6-7,9-12,16-17H2,1-4H3/b8-5+/t24-,25-,26?,28+,29?/m1/s1. The van der Waals surface area contributed by atoms with Crippen molar-refractivity contribution in [1.82, 2.24) is 4.90 Å². The molecule has 1 spiro atoms. The van der Waals surface area contributed by atoms with Gasteiger partial charge in [0.25, 0.3) is 0 Å². The number of esters is 1. The molecule has 4 aliphatic rings. The molecule has 3 heterocycles. The van der Waals surface area contributed by atoms with E-state index in [4.69, 9.17) is 23.7 Å². The Morgan fingerprint density at radius 1 is 1.23 bits per heavy atom. The van der Waals surface area contributed by atoms with Gasteiger partial charge in [0.2, 0.25) is 6.79 Å². The van der Waals surface area contributed by atoms with Gasteiger partial charge in [-0.2, -0.15) is 0 Å². The van der Waals surface area contributed by atoms with Gasteiger partial charge in [-0.05, 0) is 75.4 Å². The van der Waals surface area contributed by atoms with Gasteiger partial charge in [-0.3, -0.25) is 9.69 Å². The Kier molecular flexibility index (Phi) is 7.45. The Balaban J connectivity index is 1.52. The number of carbonyl (C=O) groups is 1. The van der Waals surface area contributed by atoms with Crippen LogP contribution in [0.25, 0.3) is 0 Å². The molecular weight excluding hydrogens is 506 g/mol. The van der Waals surface area contributed by atoms with Gasteiger partial charge in [-0.25, -0.2) is 0 Å². The minimum absolute atomic E-state index is 0.150. The largest absolute Gasteiger partial charge is 0.499 e. The first-order chi connectivity index (χ1) is 18.5. The van der Waals surface area contributed by atoms with Gasteiger partial charge in [0.05, 0.1) is 31.8 Å². The zero-order valence-electron chi connectivity index (χ0n) is 23.0. The second-order valence-electron chi connectivity index (χ2n) is 11.5. The summed E-state index contributed by atoms with van der Waals surface area (Å²) < 4.78 is 28.3. The molecule has 3 N–H and O–H groups in total. The first-order valence-electron chi connectivity index (χ1n) is 13.5. The number of fused-ring (bicyclic) bond motifs is 3. The predicted molar refractivity (Wildman–Crippen MR) is 140 cm³/mol. The third-order valence-corrected chi connectivity index (χ3v) is 8.37. The summed E-state index contributed by atoms with van der Waals surface area (Å²) in [5.74, 6) is 0.984. The molecule has 0 saturated carbocycles. The monoisotopic (exact) mass is 545 g/mol. The van der Waals surface area contributed by atoms with Crippen LogP contribution >= 0.6 is 0 Å². The van der Waals surface area contributed by atoms with E-state index in [0.29, 0.717) is 17.3 Å². The maximum absolute atomic E-state index is 12.3. The quantitative estimate of drug-likeness (QED) is 0.241. The lowest BCUT2D eigenvalue weighted by molar-refractivity contribution is -0.237. The smallest absolute Gasteiger partial charge is 0.308 e. The molecule has 1 saturated heterocycles. The summed E-state index contributed by atoms with van der Waals surface area (Å²) in [5.41, 5.74) is -1.39. The van der Waals surface area contributed by atoms with Crippen LogP contribution in [0.4, 0.5) is 0 Å². The van der Waals surface area contributed by atoms with Crippen LogP contribution in [0.3, 0.4) is 0 Å². The average molecular weight is 546 g/mol. The third-order valence-electron chi connectivity index (χ3n) is 8.37. The summed E-state index contributed by atoms with van der Waals surface area (Å²) in [7, 11) is 2.79. The van der Waals surface area contributed by atoms with Crippen LogP contribution in [0.15, 0.2) is 36.1 Å². The summed E-state index contributed by atoms with van der Waals surface area (Å²) in [6.45, 7) is 5.12. The highest BCUT2D eigenvalue weighted by molar-refractivity contribution is 5.70. The van der Waals surface area contributed by atoms with Gasteiger partial charge in [0.1, 0.15) is 17.5 Å². The number of hydrogen-bond donors (Lipinski definition) is 3. The fourth-order valence-corrected chi connectivity index (χ4v) is 6.51. The number of nitrogens with zero attached hydrogens (tertiary/aromatic N) is 1. The molecule has 5 atom stereocenters. The second-order valence-corrected chi connectivity index (χ2v) is 11.5. The van der Waals surface area contributed by atoms with Crippen molar-refractivity contribution in [3.63, 3.8) is 0 Å². The first kappa shape index (κ1) is 27.9. The fraction of sp³-hybridized carbons (Fsp3) is 0.621. The highest BCUT2D eigenvalue weighted by Gasteiger charge is 2.58. The molecule has 5 rings (SSSR count). The lowest BCUT2D eigenvalue weighted by Gasteiger charge is -2.41. The Bertz CT molecular complexity index is 1160. The molecule has 1 aromatic carbocycles. The normalized spacial score (nSPS) is 28.2. The Hall–Kier alpha value is -2.63. The maximum Gasteiger partial charge on any atom is 0.308 e. The lowest BCUT2D eigenvalue weighted by Crippen LogP contribution is -2.51. The van der Waals surface area contributed by atoms with Gasteiger partial charge < -0.3 is 39.0 Å². The van der Waals surface area contributed by atoms with E-state index in [1.54, 1.807) is 21.0 Å². The maximum atomic E-state index is 12.3. The summed E-state index contributed by atoms with van der Waals surface area (Å²) in [4.78, 5) is 14.7. The number of aliphatic hydroxyl groups is 3. The van der Waals surface area contributed by atoms with E-state index >= 15 is 0 Å². The van der Waals surface area contributed by atoms with E-state index in [1.165, 1.54) is 19.3 Å². The van der Waals surface area contributed by atoms with E-state index < -0.39 is 41.5 Å². The molecule has 3 aliphatic heterocycles. The van der Waals surface area contributed by atoms with Crippen molar-refractivity contribution >= 4 is 5.97 Å². The molecule has 0 bridgehead atoms. The van der Waals surface area contributed by atoms with Crippen molar-refractivity contribution in [3.05, 3.63) is 47.2 Å². The molecule has 2 unspecified atom stereocenters. The summed E-state index contributed by atoms with van der Waals surface area (Å²) in [6.07, 6.45) is 4.68. The van der Waals surface area contributed by atoms with Crippen molar-refractivity contribution in [3.8, 4) is 11.5 Å². The van der Waals surface area contributed by atoms with E-state index in [1.807, 2.05) is 12.1 Å². The number of aliphatic hydroxyl groups excluding tert-OH is 1. The molecule has 0 aromatic heterocycles. The zero-order valence-corrected chi connectivity index (χ0v) is 23.0. The molecule has 1 aliphatic carbocycles. The predicted octanol–water partition coefficient (Wildman–Crippen LogP) is 2.15. The SMILES string of the molecule is COC(=O)CC(O)(C/C=C/C(C)(C)O)C(O)O[C@@H]1C(OC)=C[C@]23CCCN2CCc2cc4c(cc2[C@H]13)OCO4. The zero-order chi connectivity index (χ0) is 28.0. The van der Waals surface area contributed by atoms with E-state index in [2.05, 4.69) is 11.0 Å². The van der Waals surface area contributed by atoms with Gasteiger partial charge in [0.15, 0.2) is 17.8 Å². The highest BCUT2D eigenvalue weighted by Crippen LogP contribution is 2.56. The van der Waals surface area contributed by atoms with Crippen LogP contribution in [0.1, 0.15) is 56.6 Å². The van der Waals surface area contributed by atoms with Gasteiger partial charge >= 0.3 is 5.97 Å². The summed E-state index contributed by atoms with van der Waals surface area (Å²) in [5, 5.41) is 33.0. The van der Waals surface area contributed by atoms with Crippen LogP contribution in [-0.2, 0) is 25.4 Å². The minimum atomic E-state index is -2.01. The molecule has 39 heavy (non-hydrogen) atoms. The topological polar surface area (TPSA) is 127 Å². The van der Waals surface area contributed by atoms with Crippen molar-refractivity contribution in [2.75, 3.05) is 34.1 Å². The van der Waals surface area contributed by atoms with Gasteiger partial charge in [-0.15, -0.1) is 0 Å². The Labute approximate surface area is 228 Å². The van der Waals surface area contributed by atoms with Crippen molar-refractivity contribution in [2.24, 2.45) is 0 Å². The molecule has 0 radical (unpaired) electrons. The average Bonchev–Trinajstić information content (AvgIpc) is 3.56. The minimum Gasteiger partial charge on any atom is -0.499 e. The third kappa shape index (κ3) is 5.16. The summed E-state index contributed by atoms with van der Waals surface area (Å²) in [6, 6.07) is 4.04. The van der Waals surface area contributed by atoms with Crippen molar-refractivity contribution in [1.29, 1.82) is 0 Å². The van der Waals surface area contributed by atoms with Gasteiger partial charge in [-0.1, -0.05) is 12.2 Å². The Morgan fingerprint density at radius 2 is 1.97 bits per heavy atom. The lowest BCUT2D eigenvalue weighted by atomic mass is 9.77. The Morgan fingerprint density at radius 3 is 2.67 bits per heavy atom. The number of hydrogen-bond acceptors (Lipinski definition) is 10. The van der Waals surface area contributed by atoms with Crippen LogP contribution < -0.4 is 9.47 Å². The molecule has 1 fully saturated rings. The van der Waals surface area contributed by atoms with Crippen LogP contribution in [0.2, 0.25) is 0 Å². The molecule has 0 amide bonds. The highest BCUT2D eigenvalue weighted by atomic mass is 16.7. The van der Waals surface area contributed by atoms with Crippen molar-refractivity contribution in [2.45, 2.75) is 81.0 Å². The van der Waals surface area contributed by atoms with Crippen molar-refractivity contribution < 1.29 is 43.8 Å². The second kappa shape index (κ2) is 10.4. The number of rotatable bonds is 9. The molecular formula is C29H39NO9. The fourth-order valence-electron chi connectivity index (χ4n) is 6.51. The number of benzene rings is 1. The summed E-state index contributed by atoms with van der Waals surface area (Å²) >= 11 is 0. The van der Waals surface area contributed by atoms with Crippen LogP contribution in [0, 0.1) is 0 Å². The van der Waals surface area contributed by atoms with E-state index in [0.717, 1.165) is 43.5 Å². The number of ether oxygens (including phenoxy) is 5. The van der Waals surface area contributed by atoms with Crippen LogP contribution in [-0.4, -0.2) is 89.4 Å². The molecule has 1 aromatic rings. The van der Waals surface area contributed by atoms with Crippen LogP contribution in [0.5, 0.6) is 11.5 Å². The molecule has 10 nitrogen and oxygen atoms in total.